The van der Waals surface area contributed by atoms with Gasteiger partial charge in [-0.1, -0.05) is 60.2 Å². The summed E-state index contributed by atoms with van der Waals surface area (Å²) in [6.45, 7) is 2.96. The average Bonchev–Trinajstić information content (AvgIpc) is 2.38. The van der Waals surface area contributed by atoms with Gasteiger partial charge in [0.05, 0.1) is 5.57 Å². The van der Waals surface area contributed by atoms with Crippen LogP contribution in [0.15, 0.2) is 60.2 Å². The van der Waals surface area contributed by atoms with Crippen molar-refractivity contribution in [3.05, 3.63) is 65.7 Å². The van der Waals surface area contributed by atoms with Gasteiger partial charge in [-0.05, 0) is 30.5 Å². The van der Waals surface area contributed by atoms with E-state index in [0.717, 1.165) is 11.1 Å². The predicted octanol–water partition coefficient (Wildman–Crippen LogP) is 5.71. The molecule has 0 aromatic heterocycles. The van der Waals surface area contributed by atoms with Crippen LogP contribution in [0.3, 0.4) is 0 Å². The van der Waals surface area contributed by atoms with Crippen molar-refractivity contribution in [2.24, 2.45) is 0 Å². The van der Waals surface area contributed by atoms with Crippen LogP contribution < -0.4 is 0 Å². The summed E-state index contributed by atoms with van der Waals surface area (Å²) < 4.78 is 39.1. The van der Waals surface area contributed by atoms with Gasteiger partial charge in [0.25, 0.3) is 0 Å². The van der Waals surface area contributed by atoms with Gasteiger partial charge in [-0.2, -0.15) is 13.2 Å². The molecule has 0 unspecified atom stereocenters. The smallest absolute Gasteiger partial charge is 0.166 e. The Hall–Kier alpha value is -2.03. The summed E-state index contributed by atoms with van der Waals surface area (Å²) in [5, 5.41) is 0. The Morgan fingerprint density at radius 2 is 1.25 bits per heavy atom. The molecule has 2 aromatic carbocycles. The lowest BCUT2D eigenvalue weighted by molar-refractivity contribution is -0.0694. The van der Waals surface area contributed by atoms with E-state index in [9.17, 15) is 13.2 Å². The lowest BCUT2D eigenvalue weighted by atomic mass is 9.97. The highest BCUT2D eigenvalue weighted by Crippen LogP contribution is 2.36. The number of benzene rings is 2. The summed E-state index contributed by atoms with van der Waals surface area (Å²) in [6.07, 6.45) is -4.33. The summed E-state index contributed by atoms with van der Waals surface area (Å²) in [6, 6.07) is 16.1. The largest absolute Gasteiger partial charge is 0.416 e. The summed E-state index contributed by atoms with van der Waals surface area (Å²) in [5.41, 5.74) is 1.81. The van der Waals surface area contributed by atoms with Crippen molar-refractivity contribution in [1.82, 2.24) is 0 Å². The van der Waals surface area contributed by atoms with E-state index < -0.39 is 11.7 Å². The maximum absolute atomic E-state index is 13.0. The Kier molecular flexibility index (Phi) is 3.98. The molecule has 0 radical (unpaired) electrons. The van der Waals surface area contributed by atoms with Crippen LogP contribution in [0.2, 0.25) is 0 Å². The highest BCUT2D eigenvalue weighted by molar-refractivity contribution is 5.74. The molecule has 0 bridgehead atoms. The lowest BCUT2D eigenvalue weighted by Gasteiger charge is -2.14. The number of hydrogen-bond acceptors (Lipinski definition) is 0. The fourth-order valence-electron chi connectivity index (χ4n) is 2.20. The minimum atomic E-state index is -4.33. The molecular formula is C17H15F3. The van der Waals surface area contributed by atoms with Gasteiger partial charge < -0.3 is 0 Å². The highest BCUT2D eigenvalue weighted by Gasteiger charge is 2.35. The topological polar surface area (TPSA) is 0 Å². The predicted molar refractivity (Wildman–Crippen MR) is 76.2 cm³/mol. The normalized spacial score (nSPS) is 11.2. The second kappa shape index (κ2) is 5.53. The monoisotopic (exact) mass is 276 g/mol. The third-order valence-corrected chi connectivity index (χ3v) is 3.06. The molecule has 0 amide bonds. The van der Waals surface area contributed by atoms with E-state index in [0.29, 0.717) is 0 Å². The fraction of sp³-hybridized carbons (Fsp3) is 0.176. The first-order valence-electron chi connectivity index (χ1n) is 6.30. The first-order chi connectivity index (χ1) is 9.39. The van der Waals surface area contributed by atoms with Gasteiger partial charge in [0, 0.05) is 0 Å². The van der Waals surface area contributed by atoms with E-state index in [2.05, 4.69) is 0 Å². The molecule has 0 aliphatic carbocycles. The average molecular weight is 276 g/mol. The second-order valence-corrected chi connectivity index (χ2v) is 4.82. The standard InChI is InChI=1S/C17H15F3/c1-12(2)16(17(18,19)20)15-10-8-14(9-11-15)13-6-4-3-5-7-13/h3-11H,1-2H3. The number of allylic oxidation sites excluding steroid dienone is 2. The number of alkyl halides is 3. The zero-order valence-electron chi connectivity index (χ0n) is 11.3. The van der Waals surface area contributed by atoms with Crippen LogP contribution in [0.1, 0.15) is 19.4 Å². The molecule has 0 nitrogen and oxygen atoms in total. The van der Waals surface area contributed by atoms with Crippen molar-refractivity contribution < 1.29 is 13.2 Å². The summed E-state index contributed by atoms with van der Waals surface area (Å²) in [4.78, 5) is 0. The molecule has 3 heteroatoms. The zero-order chi connectivity index (χ0) is 14.8. The van der Waals surface area contributed by atoms with Gasteiger partial charge in [0.1, 0.15) is 0 Å². The Bertz CT molecular complexity index is 601. The Labute approximate surface area is 116 Å². The van der Waals surface area contributed by atoms with E-state index >= 15 is 0 Å². The molecule has 0 aliphatic rings. The molecule has 0 aliphatic heterocycles. The van der Waals surface area contributed by atoms with Gasteiger partial charge in [-0.3, -0.25) is 0 Å². The van der Waals surface area contributed by atoms with Crippen molar-refractivity contribution in [2.45, 2.75) is 20.0 Å². The van der Waals surface area contributed by atoms with Crippen molar-refractivity contribution in [2.75, 3.05) is 0 Å². The Morgan fingerprint density at radius 1 is 0.750 bits per heavy atom. The van der Waals surface area contributed by atoms with E-state index in [1.165, 1.54) is 26.0 Å². The molecule has 0 saturated heterocycles. The van der Waals surface area contributed by atoms with Gasteiger partial charge in [-0.15, -0.1) is 0 Å². The quantitative estimate of drug-likeness (QED) is 0.659. The van der Waals surface area contributed by atoms with Crippen LogP contribution in [0.4, 0.5) is 13.2 Å². The molecule has 20 heavy (non-hydrogen) atoms. The van der Waals surface area contributed by atoms with Crippen molar-refractivity contribution in [1.29, 1.82) is 0 Å². The third-order valence-electron chi connectivity index (χ3n) is 3.06. The molecule has 0 heterocycles. The third kappa shape index (κ3) is 3.10. The van der Waals surface area contributed by atoms with E-state index in [4.69, 9.17) is 0 Å². The molecule has 2 rings (SSSR count). The molecular weight excluding hydrogens is 261 g/mol. The number of rotatable bonds is 2. The van der Waals surface area contributed by atoms with Crippen LogP contribution in [0, 0.1) is 0 Å². The van der Waals surface area contributed by atoms with Crippen LogP contribution in [0.5, 0.6) is 0 Å². The van der Waals surface area contributed by atoms with Gasteiger partial charge in [-0.25, -0.2) is 0 Å². The summed E-state index contributed by atoms with van der Waals surface area (Å²) in [5.74, 6) is 0. The highest BCUT2D eigenvalue weighted by atomic mass is 19.4. The maximum Gasteiger partial charge on any atom is 0.416 e. The Morgan fingerprint density at radius 3 is 1.70 bits per heavy atom. The van der Waals surface area contributed by atoms with Crippen LogP contribution >= 0.6 is 0 Å². The number of hydrogen-bond donors (Lipinski definition) is 0. The lowest BCUT2D eigenvalue weighted by Crippen LogP contribution is -2.12. The minimum absolute atomic E-state index is 0.206. The van der Waals surface area contributed by atoms with Crippen molar-refractivity contribution in [3.63, 3.8) is 0 Å². The zero-order valence-corrected chi connectivity index (χ0v) is 11.3. The minimum Gasteiger partial charge on any atom is -0.166 e. The maximum atomic E-state index is 13.0. The van der Waals surface area contributed by atoms with E-state index in [-0.39, 0.29) is 11.1 Å². The summed E-state index contributed by atoms with van der Waals surface area (Å²) >= 11 is 0. The van der Waals surface area contributed by atoms with Crippen molar-refractivity contribution >= 4 is 5.57 Å². The molecule has 0 fully saturated rings. The van der Waals surface area contributed by atoms with Crippen molar-refractivity contribution in [3.8, 4) is 11.1 Å². The molecule has 0 N–H and O–H groups in total. The first-order valence-corrected chi connectivity index (χ1v) is 6.30. The SMILES string of the molecule is CC(C)=C(c1ccc(-c2ccccc2)cc1)C(F)(F)F. The van der Waals surface area contributed by atoms with Gasteiger partial charge >= 0.3 is 6.18 Å². The second-order valence-electron chi connectivity index (χ2n) is 4.82. The van der Waals surface area contributed by atoms with Crippen LogP contribution in [-0.4, -0.2) is 6.18 Å². The summed E-state index contributed by atoms with van der Waals surface area (Å²) in [7, 11) is 0. The first kappa shape index (κ1) is 14.4. The van der Waals surface area contributed by atoms with E-state index in [1.54, 1.807) is 12.1 Å². The molecule has 0 atom stereocenters. The van der Waals surface area contributed by atoms with Crippen LogP contribution in [-0.2, 0) is 0 Å². The molecule has 0 spiro atoms. The fourth-order valence-corrected chi connectivity index (χ4v) is 2.20. The Balaban J connectivity index is 2.41. The molecule has 104 valence electrons. The van der Waals surface area contributed by atoms with Gasteiger partial charge in [0.15, 0.2) is 0 Å². The number of halogens is 3. The molecule has 0 saturated carbocycles. The van der Waals surface area contributed by atoms with Crippen LogP contribution in [0.25, 0.3) is 16.7 Å². The molecule has 2 aromatic rings. The van der Waals surface area contributed by atoms with E-state index in [1.807, 2.05) is 30.3 Å². The van der Waals surface area contributed by atoms with Gasteiger partial charge in [0.2, 0.25) is 0 Å².